The second-order valence-electron chi connectivity index (χ2n) is 4.59. The van der Waals surface area contributed by atoms with Crippen LogP contribution < -0.4 is 5.32 Å². The normalized spacial score (nSPS) is 11.0. The Balaban J connectivity index is 2.38. The van der Waals surface area contributed by atoms with Gasteiger partial charge in [-0.2, -0.15) is 0 Å². The van der Waals surface area contributed by atoms with Crippen molar-refractivity contribution in [1.82, 2.24) is 10.2 Å². The Hall–Kier alpha value is -1.17. The Morgan fingerprint density at radius 3 is 2.65 bits per heavy atom. The molecule has 0 atom stereocenters. The van der Waals surface area contributed by atoms with Crippen LogP contribution in [-0.2, 0) is 6.54 Å². The van der Waals surface area contributed by atoms with Gasteiger partial charge < -0.3 is 10.2 Å². The van der Waals surface area contributed by atoms with Crippen molar-refractivity contribution in [3.05, 3.63) is 38.9 Å². The van der Waals surface area contributed by atoms with Crippen LogP contribution in [0.1, 0.15) is 25.8 Å². The molecule has 6 heteroatoms. The first kappa shape index (κ1) is 16.9. The van der Waals surface area contributed by atoms with E-state index in [1.165, 1.54) is 12.1 Å². The average molecular weight is 300 g/mol. The number of hydrogen-bond acceptors (Lipinski definition) is 4. The molecule has 0 saturated carbocycles. The largest absolute Gasteiger partial charge is 0.313 e. The highest BCUT2D eigenvalue weighted by atomic mass is 35.5. The molecule has 0 radical (unpaired) electrons. The van der Waals surface area contributed by atoms with Crippen LogP contribution in [0.15, 0.2) is 18.2 Å². The fraction of sp³-hybridized carbons (Fsp3) is 0.571. The zero-order valence-corrected chi connectivity index (χ0v) is 12.8. The molecule has 0 spiro atoms. The number of nitrogens with zero attached hydrogens (tertiary/aromatic N) is 2. The molecule has 20 heavy (non-hydrogen) atoms. The maximum absolute atomic E-state index is 10.7. The highest BCUT2D eigenvalue weighted by Crippen LogP contribution is 2.21. The van der Waals surface area contributed by atoms with Crippen molar-refractivity contribution in [3.63, 3.8) is 0 Å². The first-order chi connectivity index (χ1) is 9.58. The molecule has 112 valence electrons. The van der Waals surface area contributed by atoms with E-state index in [4.69, 9.17) is 11.6 Å². The minimum absolute atomic E-state index is 0.0781. The summed E-state index contributed by atoms with van der Waals surface area (Å²) in [6.45, 7) is 8.91. The van der Waals surface area contributed by atoms with Gasteiger partial charge in [0.15, 0.2) is 0 Å². The molecule has 1 rings (SSSR count). The van der Waals surface area contributed by atoms with Crippen molar-refractivity contribution in [2.45, 2.75) is 26.8 Å². The molecule has 0 unspecified atom stereocenters. The Labute approximate surface area is 125 Å². The minimum atomic E-state index is -0.403. The molecule has 1 aromatic carbocycles. The number of hydrogen-bond donors (Lipinski definition) is 1. The molecule has 0 aliphatic heterocycles. The minimum Gasteiger partial charge on any atom is -0.313 e. The van der Waals surface area contributed by atoms with Crippen molar-refractivity contribution >= 4 is 17.3 Å². The molecule has 0 bridgehead atoms. The molecule has 1 aromatic rings. The fourth-order valence-electron chi connectivity index (χ4n) is 2.00. The van der Waals surface area contributed by atoms with Crippen LogP contribution in [0.4, 0.5) is 5.69 Å². The molecular formula is C14H22ClN3O2. The van der Waals surface area contributed by atoms with Crippen molar-refractivity contribution in [2.24, 2.45) is 0 Å². The maximum atomic E-state index is 10.7. The summed E-state index contributed by atoms with van der Waals surface area (Å²) in [4.78, 5) is 12.7. The summed E-state index contributed by atoms with van der Waals surface area (Å²) in [5.41, 5.74) is 0.845. The third kappa shape index (κ3) is 5.45. The van der Waals surface area contributed by atoms with E-state index in [1.54, 1.807) is 6.07 Å². The van der Waals surface area contributed by atoms with Crippen LogP contribution in [-0.4, -0.2) is 36.0 Å². The first-order valence-corrected chi connectivity index (χ1v) is 7.32. The summed E-state index contributed by atoms with van der Waals surface area (Å²) in [5, 5.41) is 14.6. The van der Waals surface area contributed by atoms with Gasteiger partial charge in [0.05, 0.1) is 4.92 Å². The lowest BCUT2D eigenvalue weighted by molar-refractivity contribution is -0.384. The number of halogens is 1. The van der Waals surface area contributed by atoms with Gasteiger partial charge in [0.1, 0.15) is 0 Å². The summed E-state index contributed by atoms with van der Waals surface area (Å²) >= 11 is 6.04. The monoisotopic (exact) mass is 299 g/mol. The van der Waals surface area contributed by atoms with Gasteiger partial charge >= 0.3 is 0 Å². The van der Waals surface area contributed by atoms with Gasteiger partial charge in [-0.15, -0.1) is 0 Å². The van der Waals surface area contributed by atoms with E-state index >= 15 is 0 Å². The van der Waals surface area contributed by atoms with Crippen molar-refractivity contribution < 1.29 is 4.92 Å². The Bertz CT molecular complexity index is 436. The first-order valence-electron chi connectivity index (χ1n) is 6.94. The van der Waals surface area contributed by atoms with E-state index in [0.29, 0.717) is 11.6 Å². The quantitative estimate of drug-likeness (QED) is 0.432. The van der Waals surface area contributed by atoms with Crippen molar-refractivity contribution in [3.8, 4) is 0 Å². The van der Waals surface area contributed by atoms with E-state index in [-0.39, 0.29) is 5.69 Å². The molecule has 0 amide bonds. The zero-order chi connectivity index (χ0) is 15.0. The molecule has 1 N–H and O–H groups in total. The summed E-state index contributed by atoms with van der Waals surface area (Å²) in [7, 11) is 0. The van der Waals surface area contributed by atoms with Crippen LogP contribution in [0, 0.1) is 10.1 Å². The molecule has 0 fully saturated rings. The number of rotatable bonds is 9. The van der Waals surface area contributed by atoms with Crippen LogP contribution in [0.2, 0.25) is 5.02 Å². The van der Waals surface area contributed by atoms with Crippen LogP contribution >= 0.6 is 11.6 Å². The average Bonchev–Trinajstić information content (AvgIpc) is 2.44. The summed E-state index contributed by atoms with van der Waals surface area (Å²) in [5.74, 6) is 0. The van der Waals surface area contributed by atoms with E-state index in [1.807, 2.05) is 0 Å². The van der Waals surface area contributed by atoms with Crippen LogP contribution in [0.25, 0.3) is 0 Å². The van der Waals surface area contributed by atoms with Crippen molar-refractivity contribution in [2.75, 3.05) is 26.2 Å². The maximum Gasteiger partial charge on any atom is 0.269 e. The molecule has 0 aromatic heterocycles. The predicted octanol–water partition coefficient (Wildman–Crippen LogP) is 3.07. The third-order valence-corrected chi connectivity index (χ3v) is 3.65. The van der Waals surface area contributed by atoms with E-state index in [0.717, 1.165) is 38.2 Å². The lowest BCUT2D eigenvalue weighted by Gasteiger charge is -2.17. The highest BCUT2D eigenvalue weighted by Gasteiger charge is 2.09. The lowest BCUT2D eigenvalue weighted by atomic mass is 10.2. The van der Waals surface area contributed by atoms with Crippen LogP contribution in [0.3, 0.4) is 0 Å². The topological polar surface area (TPSA) is 58.4 Å². The Morgan fingerprint density at radius 1 is 1.35 bits per heavy atom. The smallest absolute Gasteiger partial charge is 0.269 e. The van der Waals surface area contributed by atoms with E-state index in [9.17, 15) is 10.1 Å². The van der Waals surface area contributed by atoms with E-state index < -0.39 is 4.92 Å². The number of nitro groups is 1. The fourth-order valence-corrected chi connectivity index (χ4v) is 2.19. The number of nitro benzene ring substituents is 1. The van der Waals surface area contributed by atoms with Gasteiger partial charge in [0.2, 0.25) is 0 Å². The molecule has 0 aliphatic carbocycles. The summed E-state index contributed by atoms with van der Waals surface area (Å²) in [6.07, 6.45) is 1.05. The van der Waals surface area contributed by atoms with Gasteiger partial charge in [0.25, 0.3) is 5.69 Å². The highest BCUT2D eigenvalue weighted by molar-refractivity contribution is 6.31. The Morgan fingerprint density at radius 2 is 2.05 bits per heavy atom. The van der Waals surface area contributed by atoms with Crippen LogP contribution in [0.5, 0.6) is 0 Å². The van der Waals surface area contributed by atoms with Gasteiger partial charge in [-0.05, 0) is 44.2 Å². The molecule has 5 nitrogen and oxygen atoms in total. The van der Waals surface area contributed by atoms with Gasteiger partial charge in [-0.1, -0.05) is 25.4 Å². The molecule has 0 saturated heterocycles. The Kier molecular flexibility index (Phi) is 7.51. The SMILES string of the molecule is CCN(CC)CCCNCc1cc([N+](=O)[O-])ccc1Cl. The molecule has 0 heterocycles. The second kappa shape index (κ2) is 8.89. The standard InChI is InChI=1S/C14H22ClN3O2/c1-3-17(4-2)9-5-8-16-11-12-10-13(18(19)20)6-7-14(12)15/h6-7,10,16H,3-5,8-9,11H2,1-2H3. The predicted molar refractivity (Wildman–Crippen MR) is 82.2 cm³/mol. The number of nitrogens with one attached hydrogen (secondary N) is 1. The third-order valence-electron chi connectivity index (χ3n) is 3.28. The summed E-state index contributed by atoms with van der Waals surface area (Å²) < 4.78 is 0. The number of benzene rings is 1. The lowest BCUT2D eigenvalue weighted by Crippen LogP contribution is -2.27. The van der Waals surface area contributed by atoms with Gasteiger partial charge in [0, 0.05) is 23.7 Å². The molecular weight excluding hydrogens is 278 g/mol. The van der Waals surface area contributed by atoms with E-state index in [2.05, 4.69) is 24.1 Å². The zero-order valence-electron chi connectivity index (χ0n) is 12.1. The second-order valence-corrected chi connectivity index (χ2v) is 5.00. The molecule has 0 aliphatic rings. The van der Waals surface area contributed by atoms with Crippen molar-refractivity contribution in [1.29, 1.82) is 0 Å². The number of non-ortho nitro benzene ring substituents is 1. The van der Waals surface area contributed by atoms with Gasteiger partial charge in [-0.3, -0.25) is 10.1 Å². The summed E-state index contributed by atoms with van der Waals surface area (Å²) in [6, 6.07) is 4.53. The van der Waals surface area contributed by atoms with Gasteiger partial charge in [-0.25, -0.2) is 0 Å².